The van der Waals surface area contributed by atoms with Crippen LogP contribution < -0.4 is 16.7 Å². The molecule has 0 saturated heterocycles. The summed E-state index contributed by atoms with van der Waals surface area (Å²) in [5.41, 5.74) is 7.81. The second-order valence-electron chi connectivity index (χ2n) is 5.95. The number of aromatic nitrogens is 3. The highest BCUT2D eigenvalue weighted by Crippen LogP contribution is 2.12. The van der Waals surface area contributed by atoms with E-state index in [9.17, 15) is 9.59 Å². The van der Waals surface area contributed by atoms with Crippen molar-refractivity contribution in [2.45, 2.75) is 19.0 Å². The van der Waals surface area contributed by atoms with E-state index in [2.05, 4.69) is 10.4 Å². The lowest BCUT2D eigenvalue weighted by molar-refractivity contribution is -0.117. The Morgan fingerprint density at radius 1 is 1.31 bits per heavy atom. The van der Waals surface area contributed by atoms with Crippen LogP contribution in [-0.4, -0.2) is 38.1 Å². The zero-order valence-corrected chi connectivity index (χ0v) is 15.3. The first-order valence-electron chi connectivity index (χ1n) is 8.27. The summed E-state index contributed by atoms with van der Waals surface area (Å²) in [5.74, 6) is 0.631. The van der Waals surface area contributed by atoms with Crippen LogP contribution in [0.25, 0.3) is 5.65 Å². The van der Waals surface area contributed by atoms with Crippen molar-refractivity contribution < 1.29 is 4.79 Å². The van der Waals surface area contributed by atoms with Gasteiger partial charge in [-0.15, -0.1) is 5.10 Å². The van der Waals surface area contributed by atoms with Crippen LogP contribution in [0.15, 0.2) is 53.5 Å². The van der Waals surface area contributed by atoms with Crippen molar-refractivity contribution in [2.75, 3.05) is 17.3 Å². The quantitative estimate of drug-likeness (QED) is 0.657. The van der Waals surface area contributed by atoms with E-state index < -0.39 is 6.04 Å². The van der Waals surface area contributed by atoms with Crippen molar-refractivity contribution in [3.05, 3.63) is 64.7 Å². The van der Waals surface area contributed by atoms with Crippen LogP contribution in [-0.2, 0) is 11.3 Å². The predicted molar refractivity (Wildman–Crippen MR) is 105 cm³/mol. The van der Waals surface area contributed by atoms with E-state index in [1.807, 2.05) is 30.5 Å². The number of hydrogen-bond donors (Lipinski definition) is 2. The molecule has 2 heterocycles. The first kappa shape index (κ1) is 18.2. The smallest absolute Gasteiger partial charge is 0.325 e. The van der Waals surface area contributed by atoms with Gasteiger partial charge in [0.1, 0.15) is 0 Å². The Morgan fingerprint density at radius 2 is 2.15 bits per heavy atom. The zero-order chi connectivity index (χ0) is 18.5. The summed E-state index contributed by atoms with van der Waals surface area (Å²) in [6.07, 6.45) is 4.30. The van der Waals surface area contributed by atoms with Crippen LogP contribution in [0.1, 0.15) is 12.0 Å². The van der Waals surface area contributed by atoms with E-state index in [0.29, 0.717) is 24.3 Å². The topological polar surface area (TPSA) is 94.4 Å². The van der Waals surface area contributed by atoms with Gasteiger partial charge in [0, 0.05) is 11.9 Å². The minimum Gasteiger partial charge on any atom is -0.325 e. The Hall–Kier alpha value is -2.58. The lowest BCUT2D eigenvalue weighted by Crippen LogP contribution is -2.36. The first-order valence-corrected chi connectivity index (χ1v) is 9.66. The molecule has 0 aliphatic heterocycles. The Kier molecular flexibility index (Phi) is 5.75. The van der Waals surface area contributed by atoms with E-state index in [1.54, 1.807) is 36.2 Å². The molecule has 0 aliphatic rings. The number of amides is 1. The number of carbonyl (C=O) groups is 1. The molecule has 0 bridgehead atoms. The van der Waals surface area contributed by atoms with Crippen LogP contribution in [0.4, 0.5) is 5.69 Å². The molecule has 0 unspecified atom stereocenters. The molecule has 26 heavy (non-hydrogen) atoms. The van der Waals surface area contributed by atoms with Crippen LogP contribution in [0.3, 0.4) is 0 Å². The van der Waals surface area contributed by atoms with Gasteiger partial charge in [0.15, 0.2) is 5.65 Å². The average Bonchev–Trinajstić information content (AvgIpc) is 2.96. The van der Waals surface area contributed by atoms with E-state index in [0.717, 1.165) is 11.3 Å². The summed E-state index contributed by atoms with van der Waals surface area (Å²) < 4.78 is 2.90. The van der Waals surface area contributed by atoms with Crippen LogP contribution in [0, 0.1) is 0 Å². The highest BCUT2D eigenvalue weighted by molar-refractivity contribution is 7.98. The number of anilines is 1. The molecule has 8 heteroatoms. The first-order chi connectivity index (χ1) is 12.6. The van der Waals surface area contributed by atoms with Gasteiger partial charge >= 0.3 is 5.69 Å². The average molecular weight is 371 g/mol. The minimum atomic E-state index is -0.535. The molecule has 1 amide bonds. The van der Waals surface area contributed by atoms with Crippen molar-refractivity contribution in [2.24, 2.45) is 5.73 Å². The Labute approximate surface area is 155 Å². The van der Waals surface area contributed by atoms with Gasteiger partial charge in [0.25, 0.3) is 0 Å². The van der Waals surface area contributed by atoms with Gasteiger partial charge in [0.05, 0.1) is 12.6 Å². The lowest BCUT2D eigenvalue weighted by atomic mass is 10.2. The summed E-state index contributed by atoms with van der Waals surface area (Å²) in [7, 11) is 0. The molecule has 3 aromatic rings. The Bertz CT molecular complexity index is 965. The molecule has 3 N–H and O–H groups in total. The van der Waals surface area contributed by atoms with Gasteiger partial charge in [-0.2, -0.15) is 11.8 Å². The number of nitrogens with two attached hydrogens (primary N) is 1. The molecule has 0 spiro atoms. The molecule has 0 fully saturated rings. The monoisotopic (exact) mass is 371 g/mol. The number of fused-ring (bicyclic) bond motifs is 1. The highest BCUT2D eigenvalue weighted by Gasteiger charge is 2.13. The molecule has 7 nitrogen and oxygen atoms in total. The van der Waals surface area contributed by atoms with Crippen molar-refractivity contribution in [3.63, 3.8) is 0 Å². The number of benzene rings is 1. The lowest BCUT2D eigenvalue weighted by Gasteiger charge is -2.12. The molecule has 0 aliphatic carbocycles. The maximum Gasteiger partial charge on any atom is 0.350 e. The van der Waals surface area contributed by atoms with Crippen LogP contribution in [0.2, 0.25) is 0 Å². The molecule has 0 radical (unpaired) electrons. The van der Waals surface area contributed by atoms with Gasteiger partial charge in [-0.25, -0.2) is 9.48 Å². The molecule has 1 atom stereocenters. The summed E-state index contributed by atoms with van der Waals surface area (Å²) in [6.45, 7) is 0.322. The Balaban J connectivity index is 1.74. The maximum atomic E-state index is 12.4. The fourth-order valence-electron chi connectivity index (χ4n) is 2.60. The summed E-state index contributed by atoms with van der Waals surface area (Å²) in [5, 5.41) is 7.15. The molecule has 0 saturated carbocycles. The largest absolute Gasteiger partial charge is 0.350 e. The van der Waals surface area contributed by atoms with Crippen molar-refractivity contribution >= 4 is 29.0 Å². The number of pyridine rings is 1. The molecule has 136 valence electrons. The number of hydrogen-bond acceptors (Lipinski definition) is 5. The summed E-state index contributed by atoms with van der Waals surface area (Å²) in [4.78, 5) is 24.5. The normalized spacial score (nSPS) is 12.2. The van der Waals surface area contributed by atoms with Gasteiger partial charge < -0.3 is 11.1 Å². The standard InChI is InChI=1S/C18H21N5O2S/c1-26-10-8-15(19)17(24)20-14-6-4-5-13(11-14)12-23-18(25)22-9-3-2-7-16(22)21-23/h2-7,9,11,15H,8,10,12,19H2,1H3,(H,20,24)/t15-/m0/s1. The SMILES string of the molecule is CSCC[C@H](N)C(=O)Nc1cccc(Cn2nc3ccccn3c2=O)c1. The van der Waals surface area contributed by atoms with Crippen molar-refractivity contribution in [3.8, 4) is 0 Å². The van der Waals surface area contributed by atoms with Gasteiger partial charge in [-0.05, 0) is 48.3 Å². The molecule has 2 aromatic heterocycles. The molecule has 3 rings (SSSR count). The molecule has 1 aromatic carbocycles. The van der Waals surface area contributed by atoms with Gasteiger partial charge in [-0.3, -0.25) is 9.20 Å². The number of thioether (sulfide) groups is 1. The second-order valence-corrected chi connectivity index (χ2v) is 6.93. The zero-order valence-electron chi connectivity index (χ0n) is 14.5. The van der Waals surface area contributed by atoms with E-state index >= 15 is 0 Å². The number of nitrogens with one attached hydrogen (secondary N) is 1. The fourth-order valence-corrected chi connectivity index (χ4v) is 3.09. The number of carbonyl (C=O) groups excluding carboxylic acids is 1. The minimum absolute atomic E-state index is 0.200. The predicted octanol–water partition coefficient (Wildman–Crippen LogP) is 1.56. The third kappa shape index (κ3) is 4.14. The number of nitrogens with zero attached hydrogens (tertiary/aromatic N) is 3. The fraction of sp³-hybridized carbons (Fsp3) is 0.278. The van der Waals surface area contributed by atoms with Crippen molar-refractivity contribution in [1.29, 1.82) is 0 Å². The summed E-state index contributed by atoms with van der Waals surface area (Å²) in [6, 6.07) is 12.2. The van der Waals surface area contributed by atoms with E-state index in [1.165, 1.54) is 9.08 Å². The third-order valence-corrected chi connectivity index (χ3v) is 4.63. The van der Waals surface area contributed by atoms with E-state index in [-0.39, 0.29) is 11.6 Å². The van der Waals surface area contributed by atoms with Crippen molar-refractivity contribution in [1.82, 2.24) is 14.2 Å². The third-order valence-electron chi connectivity index (χ3n) is 3.99. The van der Waals surface area contributed by atoms with Gasteiger partial charge in [-0.1, -0.05) is 18.2 Å². The molecular formula is C18H21N5O2S. The maximum absolute atomic E-state index is 12.4. The van der Waals surface area contributed by atoms with Crippen LogP contribution >= 0.6 is 11.8 Å². The number of rotatable bonds is 7. The molecular weight excluding hydrogens is 350 g/mol. The highest BCUT2D eigenvalue weighted by atomic mass is 32.2. The summed E-state index contributed by atoms with van der Waals surface area (Å²) >= 11 is 1.66. The second kappa shape index (κ2) is 8.20. The van der Waals surface area contributed by atoms with Crippen LogP contribution in [0.5, 0.6) is 0 Å². The van der Waals surface area contributed by atoms with Gasteiger partial charge in [0.2, 0.25) is 5.91 Å². The Morgan fingerprint density at radius 3 is 2.92 bits per heavy atom. The van der Waals surface area contributed by atoms with E-state index in [4.69, 9.17) is 5.73 Å².